The van der Waals surface area contributed by atoms with E-state index in [9.17, 15) is 4.79 Å². The quantitative estimate of drug-likeness (QED) is 0.490. The molecule has 0 bridgehead atoms. The molecule has 3 rings (SSSR count). The molecule has 0 fully saturated rings. The van der Waals surface area contributed by atoms with Crippen LogP contribution in [0, 0.1) is 0 Å². The third-order valence-corrected chi connectivity index (χ3v) is 4.75. The number of hydrogen-bond acceptors (Lipinski definition) is 4. The summed E-state index contributed by atoms with van der Waals surface area (Å²) in [5.74, 6) is 1.48. The second kappa shape index (κ2) is 8.73. The van der Waals surface area contributed by atoms with Gasteiger partial charge >= 0.3 is 5.63 Å². The van der Waals surface area contributed by atoms with E-state index in [0.717, 1.165) is 48.4 Å². The Morgan fingerprint density at radius 1 is 0.963 bits per heavy atom. The van der Waals surface area contributed by atoms with Crippen LogP contribution in [-0.2, 0) is 19.4 Å². The third kappa shape index (κ3) is 4.49. The standard InChI is InChI=1S/C22H25NO4/c1-4-15-5-7-18-17(13-22(24)27-20(18)11-15)14-23-10-9-16-6-8-19(25-2)21(12-16)26-3/h5-8,11-13,23H,4,9-10,14H2,1-3H3/p+1. The van der Waals surface area contributed by atoms with Gasteiger partial charge in [-0.25, -0.2) is 4.79 Å². The Kier molecular flexibility index (Phi) is 6.14. The zero-order valence-corrected chi connectivity index (χ0v) is 16.1. The highest BCUT2D eigenvalue weighted by Crippen LogP contribution is 2.27. The second-order valence-corrected chi connectivity index (χ2v) is 6.50. The number of quaternary nitrogens is 1. The molecule has 0 aliphatic rings. The lowest BCUT2D eigenvalue weighted by Gasteiger charge is -2.09. The molecular formula is C22H26NO4+. The SMILES string of the molecule is CCc1ccc2c(C[NH2+]CCc3ccc(OC)c(OC)c3)cc(=O)oc2c1. The predicted molar refractivity (Wildman–Crippen MR) is 106 cm³/mol. The third-order valence-electron chi connectivity index (χ3n) is 4.75. The van der Waals surface area contributed by atoms with E-state index in [1.54, 1.807) is 20.3 Å². The Hall–Kier alpha value is -2.79. The van der Waals surface area contributed by atoms with Crippen molar-refractivity contribution in [3.63, 3.8) is 0 Å². The van der Waals surface area contributed by atoms with Crippen LogP contribution in [0.25, 0.3) is 11.0 Å². The number of aryl methyl sites for hydroxylation is 1. The van der Waals surface area contributed by atoms with Crippen LogP contribution in [0.4, 0.5) is 0 Å². The molecule has 27 heavy (non-hydrogen) atoms. The van der Waals surface area contributed by atoms with Crippen LogP contribution in [0.5, 0.6) is 11.5 Å². The number of benzene rings is 2. The van der Waals surface area contributed by atoms with Gasteiger partial charge in [0.1, 0.15) is 12.1 Å². The molecule has 0 aliphatic carbocycles. The van der Waals surface area contributed by atoms with Gasteiger partial charge < -0.3 is 19.2 Å². The van der Waals surface area contributed by atoms with Crippen LogP contribution in [0.15, 0.2) is 51.7 Å². The van der Waals surface area contributed by atoms with Gasteiger partial charge in [0.25, 0.3) is 0 Å². The van der Waals surface area contributed by atoms with Crippen molar-refractivity contribution in [3.8, 4) is 11.5 Å². The zero-order chi connectivity index (χ0) is 19.2. The molecule has 0 amide bonds. The first-order valence-electron chi connectivity index (χ1n) is 9.22. The Labute approximate surface area is 158 Å². The van der Waals surface area contributed by atoms with Crippen molar-refractivity contribution in [3.05, 3.63) is 69.6 Å². The van der Waals surface area contributed by atoms with Gasteiger partial charge in [0.05, 0.1) is 20.8 Å². The number of rotatable bonds is 8. The predicted octanol–water partition coefficient (Wildman–Crippen LogP) is 2.68. The first-order chi connectivity index (χ1) is 13.1. The summed E-state index contributed by atoms with van der Waals surface area (Å²) in [6.45, 7) is 3.73. The first-order valence-corrected chi connectivity index (χ1v) is 9.22. The van der Waals surface area contributed by atoms with Crippen molar-refractivity contribution in [2.24, 2.45) is 0 Å². The lowest BCUT2D eigenvalue weighted by molar-refractivity contribution is -0.670. The van der Waals surface area contributed by atoms with E-state index in [0.29, 0.717) is 5.58 Å². The molecule has 5 nitrogen and oxygen atoms in total. The topological polar surface area (TPSA) is 65.3 Å². The largest absolute Gasteiger partial charge is 0.493 e. The molecule has 3 aromatic rings. The molecule has 0 radical (unpaired) electrons. The number of fused-ring (bicyclic) bond motifs is 1. The highest BCUT2D eigenvalue weighted by molar-refractivity contribution is 5.80. The fraction of sp³-hybridized carbons (Fsp3) is 0.318. The van der Waals surface area contributed by atoms with Crippen LogP contribution in [0.2, 0.25) is 0 Å². The van der Waals surface area contributed by atoms with Gasteiger partial charge in [0.15, 0.2) is 11.5 Å². The molecule has 0 spiro atoms. The van der Waals surface area contributed by atoms with E-state index in [-0.39, 0.29) is 5.63 Å². The van der Waals surface area contributed by atoms with Crippen molar-refractivity contribution in [1.82, 2.24) is 0 Å². The Morgan fingerprint density at radius 2 is 1.74 bits per heavy atom. The molecule has 1 aromatic heterocycles. The van der Waals surface area contributed by atoms with Crippen LogP contribution in [0.1, 0.15) is 23.6 Å². The minimum atomic E-state index is -0.293. The molecule has 0 atom stereocenters. The summed E-state index contributed by atoms with van der Waals surface area (Å²) in [5.41, 5.74) is 3.74. The summed E-state index contributed by atoms with van der Waals surface area (Å²) in [7, 11) is 3.28. The molecule has 2 aromatic carbocycles. The van der Waals surface area contributed by atoms with Crippen LogP contribution < -0.4 is 20.4 Å². The smallest absolute Gasteiger partial charge is 0.336 e. The Balaban J connectivity index is 1.66. The normalized spacial score (nSPS) is 10.9. The monoisotopic (exact) mass is 368 g/mol. The van der Waals surface area contributed by atoms with E-state index in [1.165, 1.54) is 11.1 Å². The molecule has 5 heteroatoms. The van der Waals surface area contributed by atoms with E-state index in [4.69, 9.17) is 13.9 Å². The molecule has 0 aliphatic heterocycles. The van der Waals surface area contributed by atoms with Gasteiger partial charge in [-0.1, -0.05) is 25.1 Å². The lowest BCUT2D eigenvalue weighted by Crippen LogP contribution is -2.83. The molecule has 0 unspecified atom stereocenters. The number of nitrogens with two attached hydrogens (primary N) is 1. The van der Waals surface area contributed by atoms with Gasteiger partial charge in [-0.2, -0.15) is 0 Å². The minimum Gasteiger partial charge on any atom is -0.493 e. The highest BCUT2D eigenvalue weighted by atomic mass is 16.5. The molecule has 1 heterocycles. The molecule has 0 saturated carbocycles. The van der Waals surface area contributed by atoms with E-state index < -0.39 is 0 Å². The maximum absolute atomic E-state index is 11.9. The van der Waals surface area contributed by atoms with Crippen molar-refractivity contribution in [2.45, 2.75) is 26.3 Å². The highest BCUT2D eigenvalue weighted by Gasteiger charge is 2.09. The fourth-order valence-electron chi connectivity index (χ4n) is 3.23. The van der Waals surface area contributed by atoms with Gasteiger partial charge in [-0.3, -0.25) is 0 Å². The van der Waals surface area contributed by atoms with Crippen molar-refractivity contribution < 1.29 is 19.2 Å². The average Bonchev–Trinajstić information content (AvgIpc) is 2.70. The summed E-state index contributed by atoms with van der Waals surface area (Å²) in [4.78, 5) is 11.9. The number of methoxy groups -OCH3 is 2. The summed E-state index contributed by atoms with van der Waals surface area (Å²) in [6, 6.07) is 13.7. The number of hydrogen-bond donors (Lipinski definition) is 1. The molecule has 142 valence electrons. The van der Waals surface area contributed by atoms with E-state index >= 15 is 0 Å². The van der Waals surface area contributed by atoms with Gasteiger partial charge in [0, 0.05) is 23.4 Å². The Morgan fingerprint density at radius 3 is 2.48 bits per heavy atom. The molecule has 0 saturated heterocycles. The van der Waals surface area contributed by atoms with Gasteiger partial charge in [-0.05, 0) is 35.7 Å². The lowest BCUT2D eigenvalue weighted by atomic mass is 10.1. The second-order valence-electron chi connectivity index (χ2n) is 6.50. The van der Waals surface area contributed by atoms with Gasteiger partial charge in [0.2, 0.25) is 0 Å². The van der Waals surface area contributed by atoms with Crippen molar-refractivity contribution >= 4 is 11.0 Å². The summed E-state index contributed by atoms with van der Waals surface area (Å²) in [6.07, 6.45) is 1.82. The van der Waals surface area contributed by atoms with Crippen LogP contribution >= 0.6 is 0 Å². The maximum Gasteiger partial charge on any atom is 0.336 e. The van der Waals surface area contributed by atoms with E-state index in [1.807, 2.05) is 24.3 Å². The van der Waals surface area contributed by atoms with E-state index in [2.05, 4.69) is 24.4 Å². The average molecular weight is 368 g/mol. The maximum atomic E-state index is 11.9. The summed E-state index contributed by atoms with van der Waals surface area (Å²) >= 11 is 0. The minimum absolute atomic E-state index is 0.293. The van der Waals surface area contributed by atoms with Crippen molar-refractivity contribution in [1.29, 1.82) is 0 Å². The Bertz CT molecular complexity index is 978. The molecule has 2 N–H and O–H groups in total. The number of ether oxygens (including phenoxy) is 2. The summed E-state index contributed by atoms with van der Waals surface area (Å²) < 4.78 is 16.0. The van der Waals surface area contributed by atoms with Crippen LogP contribution in [-0.4, -0.2) is 20.8 Å². The molecular weight excluding hydrogens is 342 g/mol. The van der Waals surface area contributed by atoms with Crippen molar-refractivity contribution in [2.75, 3.05) is 20.8 Å². The first kappa shape index (κ1) is 19.0. The van der Waals surface area contributed by atoms with Crippen LogP contribution in [0.3, 0.4) is 0 Å². The van der Waals surface area contributed by atoms with Gasteiger partial charge in [-0.15, -0.1) is 0 Å². The zero-order valence-electron chi connectivity index (χ0n) is 16.1. The summed E-state index contributed by atoms with van der Waals surface area (Å²) in [5, 5.41) is 3.22. The fourth-order valence-corrected chi connectivity index (χ4v) is 3.23.